The fourth-order valence-corrected chi connectivity index (χ4v) is 5.17. The van der Waals surface area contributed by atoms with Crippen LogP contribution < -0.4 is 4.74 Å². The van der Waals surface area contributed by atoms with Gasteiger partial charge in [-0.05, 0) is 48.9 Å². The fraction of sp³-hybridized carbons (Fsp3) is 0.440. The standard InChI is InChI=1S/C25H26O8/c1-10-8-12-6-7-14-19(17(12)15(26)9-10)22(29)13-4-3-5-16(18(13)21(14)28)33-25-24(31)23(30)20(27)11(2)32-25/h3-7,10-11,15,20,23-27,30-31H,8-9H2,1-2H3. The molecule has 3 aliphatic rings. The van der Waals surface area contributed by atoms with Crippen molar-refractivity contribution < 1.29 is 39.5 Å². The van der Waals surface area contributed by atoms with Crippen LogP contribution in [0.5, 0.6) is 5.75 Å². The summed E-state index contributed by atoms with van der Waals surface area (Å²) in [5, 5.41) is 41.0. The van der Waals surface area contributed by atoms with Crippen LogP contribution in [0.15, 0.2) is 30.3 Å². The summed E-state index contributed by atoms with van der Waals surface area (Å²) in [4.78, 5) is 27.1. The van der Waals surface area contributed by atoms with Crippen molar-refractivity contribution in [2.45, 2.75) is 63.5 Å². The Balaban J connectivity index is 1.56. The molecule has 1 saturated heterocycles. The van der Waals surface area contributed by atoms with Crippen LogP contribution in [0.25, 0.3) is 0 Å². The summed E-state index contributed by atoms with van der Waals surface area (Å²) in [6.45, 7) is 3.56. The van der Waals surface area contributed by atoms with Crippen LogP contribution in [0.1, 0.15) is 69.3 Å². The van der Waals surface area contributed by atoms with Gasteiger partial charge in [-0.15, -0.1) is 0 Å². The topological polar surface area (TPSA) is 134 Å². The second-order valence-electron chi connectivity index (χ2n) is 9.26. The van der Waals surface area contributed by atoms with E-state index in [1.165, 1.54) is 19.1 Å². The minimum atomic E-state index is -1.56. The highest BCUT2D eigenvalue weighted by Crippen LogP contribution is 2.42. The normalized spacial score (nSPS) is 33.2. The number of carbonyl (C=O) groups excluding carboxylic acids is 2. The van der Waals surface area contributed by atoms with Crippen molar-refractivity contribution in [3.63, 3.8) is 0 Å². The van der Waals surface area contributed by atoms with Crippen molar-refractivity contribution in [3.8, 4) is 5.75 Å². The average Bonchev–Trinajstić information content (AvgIpc) is 2.78. The molecule has 5 rings (SSSR count). The lowest BCUT2D eigenvalue weighted by Crippen LogP contribution is -2.58. The Morgan fingerprint density at radius 3 is 2.33 bits per heavy atom. The van der Waals surface area contributed by atoms with E-state index in [2.05, 4.69) is 0 Å². The third-order valence-corrected chi connectivity index (χ3v) is 6.88. The zero-order chi connectivity index (χ0) is 23.6. The third kappa shape index (κ3) is 3.41. The quantitative estimate of drug-likeness (QED) is 0.455. The zero-order valence-electron chi connectivity index (χ0n) is 18.3. The maximum absolute atomic E-state index is 13.5. The maximum Gasteiger partial charge on any atom is 0.229 e. The predicted molar refractivity (Wildman–Crippen MR) is 115 cm³/mol. The van der Waals surface area contributed by atoms with E-state index in [-0.39, 0.29) is 39.7 Å². The molecule has 1 fully saturated rings. The van der Waals surface area contributed by atoms with Gasteiger partial charge in [0, 0.05) is 16.7 Å². The predicted octanol–water partition coefficient (Wildman–Crippen LogP) is 1.28. The molecule has 2 aromatic rings. The van der Waals surface area contributed by atoms with Crippen molar-refractivity contribution in [1.82, 2.24) is 0 Å². The summed E-state index contributed by atoms with van der Waals surface area (Å²) >= 11 is 0. The molecule has 0 aromatic heterocycles. The van der Waals surface area contributed by atoms with Crippen molar-refractivity contribution >= 4 is 11.6 Å². The second kappa shape index (κ2) is 8.00. The highest BCUT2D eigenvalue weighted by atomic mass is 16.7. The van der Waals surface area contributed by atoms with Crippen LogP contribution in [0, 0.1) is 5.92 Å². The van der Waals surface area contributed by atoms with Gasteiger partial charge >= 0.3 is 0 Å². The molecule has 0 spiro atoms. The van der Waals surface area contributed by atoms with Gasteiger partial charge in [-0.3, -0.25) is 9.59 Å². The largest absolute Gasteiger partial charge is 0.461 e. The van der Waals surface area contributed by atoms with Crippen LogP contribution in [-0.2, 0) is 11.2 Å². The average molecular weight is 454 g/mol. The molecule has 7 atom stereocenters. The van der Waals surface area contributed by atoms with Gasteiger partial charge in [0.25, 0.3) is 0 Å². The molecule has 0 amide bonds. The number of aliphatic hydroxyl groups excluding tert-OH is 4. The fourth-order valence-electron chi connectivity index (χ4n) is 5.17. The molecule has 1 heterocycles. The summed E-state index contributed by atoms with van der Waals surface area (Å²) < 4.78 is 11.3. The molecular weight excluding hydrogens is 428 g/mol. The third-order valence-electron chi connectivity index (χ3n) is 6.88. The SMILES string of the molecule is CC1Cc2ccc3c(c2C(O)C1)C(=O)c1cccc(OC2OC(C)C(O)C(O)C2O)c1C3=O. The number of fused-ring (bicyclic) bond motifs is 4. The zero-order valence-corrected chi connectivity index (χ0v) is 18.3. The molecule has 0 radical (unpaired) electrons. The molecule has 2 aromatic carbocycles. The Bertz CT molecular complexity index is 1140. The molecule has 7 unspecified atom stereocenters. The first-order chi connectivity index (χ1) is 15.7. The van der Waals surface area contributed by atoms with Crippen molar-refractivity contribution in [2.75, 3.05) is 0 Å². The number of ketones is 2. The van der Waals surface area contributed by atoms with E-state index in [1.54, 1.807) is 18.2 Å². The van der Waals surface area contributed by atoms with Crippen molar-refractivity contribution in [1.29, 1.82) is 0 Å². The molecule has 174 valence electrons. The molecule has 8 heteroatoms. The number of benzene rings is 2. The van der Waals surface area contributed by atoms with Gasteiger partial charge in [0.2, 0.25) is 6.29 Å². The Morgan fingerprint density at radius 2 is 1.58 bits per heavy atom. The van der Waals surface area contributed by atoms with Gasteiger partial charge in [0.15, 0.2) is 11.6 Å². The van der Waals surface area contributed by atoms with E-state index >= 15 is 0 Å². The highest BCUT2D eigenvalue weighted by molar-refractivity contribution is 6.30. The molecule has 33 heavy (non-hydrogen) atoms. The van der Waals surface area contributed by atoms with E-state index in [4.69, 9.17) is 9.47 Å². The van der Waals surface area contributed by atoms with Gasteiger partial charge in [0.1, 0.15) is 24.1 Å². The van der Waals surface area contributed by atoms with Gasteiger partial charge in [-0.1, -0.05) is 25.1 Å². The van der Waals surface area contributed by atoms with E-state index in [9.17, 15) is 30.0 Å². The first kappa shape index (κ1) is 22.2. The first-order valence-electron chi connectivity index (χ1n) is 11.1. The molecule has 0 saturated carbocycles. The monoisotopic (exact) mass is 454 g/mol. The number of aliphatic hydroxyl groups is 4. The van der Waals surface area contributed by atoms with E-state index in [1.807, 2.05) is 6.92 Å². The Hall–Kier alpha value is -2.62. The number of carbonyl (C=O) groups is 2. The van der Waals surface area contributed by atoms with Gasteiger partial charge in [-0.25, -0.2) is 0 Å². The number of rotatable bonds is 2. The van der Waals surface area contributed by atoms with Gasteiger partial charge < -0.3 is 29.9 Å². The van der Waals surface area contributed by atoms with Crippen LogP contribution >= 0.6 is 0 Å². The van der Waals surface area contributed by atoms with Crippen LogP contribution in [-0.4, -0.2) is 62.7 Å². The Kier molecular flexibility index (Phi) is 5.38. The van der Waals surface area contributed by atoms with Crippen molar-refractivity contribution in [3.05, 3.63) is 63.7 Å². The van der Waals surface area contributed by atoms with Crippen molar-refractivity contribution in [2.24, 2.45) is 5.92 Å². The number of hydrogen-bond acceptors (Lipinski definition) is 8. The van der Waals surface area contributed by atoms with Crippen LogP contribution in [0.2, 0.25) is 0 Å². The summed E-state index contributed by atoms with van der Waals surface area (Å²) in [6, 6.07) is 7.99. The molecule has 4 N–H and O–H groups in total. The van der Waals surface area contributed by atoms with E-state index < -0.39 is 42.6 Å². The highest BCUT2D eigenvalue weighted by Gasteiger charge is 2.44. The number of hydrogen-bond donors (Lipinski definition) is 4. The molecule has 8 nitrogen and oxygen atoms in total. The Labute approximate surface area is 190 Å². The molecule has 0 bridgehead atoms. The number of ether oxygens (including phenoxy) is 2. The minimum Gasteiger partial charge on any atom is -0.461 e. The van der Waals surface area contributed by atoms with Crippen LogP contribution in [0.3, 0.4) is 0 Å². The lowest BCUT2D eigenvalue weighted by molar-refractivity contribution is -0.268. The molecule has 1 aliphatic heterocycles. The molecular formula is C25H26O8. The smallest absolute Gasteiger partial charge is 0.229 e. The maximum atomic E-state index is 13.5. The first-order valence-corrected chi connectivity index (χ1v) is 11.1. The molecule has 2 aliphatic carbocycles. The van der Waals surface area contributed by atoms with E-state index in [0.29, 0.717) is 12.0 Å². The lowest BCUT2D eigenvalue weighted by atomic mass is 9.74. The summed E-state index contributed by atoms with van der Waals surface area (Å²) in [5.41, 5.74) is 2.02. The Morgan fingerprint density at radius 1 is 0.879 bits per heavy atom. The lowest BCUT2D eigenvalue weighted by Gasteiger charge is -2.39. The van der Waals surface area contributed by atoms with Gasteiger partial charge in [0.05, 0.1) is 17.8 Å². The minimum absolute atomic E-state index is 0.0308. The summed E-state index contributed by atoms with van der Waals surface area (Å²) in [6.07, 6.45) is -6.09. The summed E-state index contributed by atoms with van der Waals surface area (Å²) in [5.74, 6) is -0.499. The summed E-state index contributed by atoms with van der Waals surface area (Å²) in [7, 11) is 0. The van der Waals surface area contributed by atoms with E-state index in [0.717, 1.165) is 12.0 Å². The van der Waals surface area contributed by atoms with Crippen LogP contribution in [0.4, 0.5) is 0 Å². The van der Waals surface area contributed by atoms with Gasteiger partial charge in [-0.2, -0.15) is 0 Å². The second-order valence-corrected chi connectivity index (χ2v) is 9.26.